The van der Waals surface area contributed by atoms with E-state index in [-0.39, 0.29) is 12.2 Å². The van der Waals surface area contributed by atoms with Crippen LogP contribution in [-0.4, -0.2) is 60.1 Å². The fourth-order valence-corrected chi connectivity index (χ4v) is 3.39. The van der Waals surface area contributed by atoms with E-state index in [1.165, 1.54) is 18.2 Å². The minimum Gasteiger partial charge on any atom is -0.387 e. The summed E-state index contributed by atoms with van der Waals surface area (Å²) in [6.07, 6.45) is -5.10. The average molecular weight is 407 g/mol. The number of amides is 1. The van der Waals surface area contributed by atoms with Crippen molar-refractivity contribution in [1.29, 1.82) is 0 Å². The number of β-amino-alcohol motifs (C(OH)–C–C–N with tert-alkyl or cyclic N) is 1. The molecule has 29 heavy (non-hydrogen) atoms. The Labute approximate surface area is 167 Å². The summed E-state index contributed by atoms with van der Waals surface area (Å²) >= 11 is 0. The molecule has 8 heteroatoms. The van der Waals surface area contributed by atoms with Crippen molar-refractivity contribution in [1.82, 2.24) is 9.80 Å². The van der Waals surface area contributed by atoms with E-state index in [1.807, 2.05) is 35.2 Å². The summed E-state index contributed by atoms with van der Waals surface area (Å²) in [5.74, 6) is -0.473. The molecular weight excluding hydrogens is 383 g/mol. The Balaban J connectivity index is 1.47. The number of anilines is 1. The SMILES string of the molecule is O=C(CN1CCN(C[C@H](O)c2ccccc2)CC1)Nc1ccccc1C(F)(F)F. The van der Waals surface area contributed by atoms with Gasteiger partial charge in [-0.2, -0.15) is 13.2 Å². The summed E-state index contributed by atoms with van der Waals surface area (Å²) < 4.78 is 39.1. The zero-order valence-electron chi connectivity index (χ0n) is 15.9. The van der Waals surface area contributed by atoms with E-state index in [0.29, 0.717) is 32.7 Å². The Hall–Kier alpha value is -2.42. The maximum Gasteiger partial charge on any atom is 0.418 e. The maximum atomic E-state index is 13.0. The highest BCUT2D eigenvalue weighted by atomic mass is 19.4. The first-order chi connectivity index (χ1) is 13.8. The van der Waals surface area contributed by atoms with Crippen LogP contribution in [0.25, 0.3) is 0 Å². The minimum atomic E-state index is -4.52. The molecule has 1 aliphatic heterocycles. The van der Waals surface area contributed by atoms with Gasteiger partial charge < -0.3 is 10.4 Å². The Bertz CT molecular complexity index is 806. The van der Waals surface area contributed by atoms with Crippen LogP contribution < -0.4 is 5.32 Å². The van der Waals surface area contributed by atoms with Crippen LogP contribution in [0.4, 0.5) is 18.9 Å². The number of rotatable bonds is 6. The van der Waals surface area contributed by atoms with Gasteiger partial charge in [-0.25, -0.2) is 0 Å². The first-order valence-corrected chi connectivity index (χ1v) is 9.47. The Morgan fingerprint density at radius 3 is 2.21 bits per heavy atom. The second-order valence-corrected chi connectivity index (χ2v) is 7.09. The van der Waals surface area contributed by atoms with E-state index in [2.05, 4.69) is 10.2 Å². The smallest absolute Gasteiger partial charge is 0.387 e. The van der Waals surface area contributed by atoms with Crippen molar-refractivity contribution < 1.29 is 23.1 Å². The van der Waals surface area contributed by atoms with Crippen LogP contribution in [0.3, 0.4) is 0 Å². The van der Waals surface area contributed by atoms with Gasteiger partial charge in [0.15, 0.2) is 0 Å². The number of hydrogen-bond acceptors (Lipinski definition) is 4. The number of halogens is 3. The Morgan fingerprint density at radius 2 is 1.55 bits per heavy atom. The molecule has 1 atom stereocenters. The van der Waals surface area contributed by atoms with Gasteiger partial charge in [-0.15, -0.1) is 0 Å². The molecule has 5 nitrogen and oxygen atoms in total. The van der Waals surface area contributed by atoms with Crippen molar-refractivity contribution in [2.24, 2.45) is 0 Å². The number of benzene rings is 2. The van der Waals surface area contributed by atoms with Crippen LogP contribution in [0.15, 0.2) is 54.6 Å². The molecule has 1 amide bonds. The monoisotopic (exact) mass is 407 g/mol. The summed E-state index contributed by atoms with van der Waals surface area (Å²) in [4.78, 5) is 16.2. The fraction of sp³-hybridized carbons (Fsp3) is 0.381. The number of carbonyl (C=O) groups is 1. The normalized spacial score (nSPS) is 17.1. The maximum absolute atomic E-state index is 13.0. The second-order valence-electron chi connectivity index (χ2n) is 7.09. The lowest BCUT2D eigenvalue weighted by atomic mass is 10.1. The van der Waals surface area contributed by atoms with Gasteiger partial charge in [-0.3, -0.25) is 14.6 Å². The van der Waals surface area contributed by atoms with Gasteiger partial charge in [-0.1, -0.05) is 42.5 Å². The number of aliphatic hydroxyl groups is 1. The Kier molecular flexibility index (Phi) is 6.89. The lowest BCUT2D eigenvalue weighted by molar-refractivity contribution is -0.137. The largest absolute Gasteiger partial charge is 0.418 e. The van der Waals surface area contributed by atoms with E-state index >= 15 is 0 Å². The van der Waals surface area contributed by atoms with Gasteiger partial charge in [-0.05, 0) is 17.7 Å². The Morgan fingerprint density at radius 1 is 0.966 bits per heavy atom. The molecule has 0 aromatic heterocycles. The number of aliphatic hydroxyl groups excluding tert-OH is 1. The second kappa shape index (κ2) is 9.39. The van der Waals surface area contributed by atoms with E-state index in [9.17, 15) is 23.1 Å². The summed E-state index contributed by atoms with van der Waals surface area (Å²) in [6, 6.07) is 14.4. The molecule has 1 saturated heterocycles. The van der Waals surface area contributed by atoms with Crippen molar-refractivity contribution in [3.8, 4) is 0 Å². The average Bonchev–Trinajstić information content (AvgIpc) is 2.69. The summed E-state index contributed by atoms with van der Waals surface area (Å²) in [5.41, 5.74) is -0.222. The van der Waals surface area contributed by atoms with Gasteiger partial charge in [0.25, 0.3) is 0 Å². The topological polar surface area (TPSA) is 55.8 Å². The van der Waals surface area contributed by atoms with E-state index in [1.54, 1.807) is 0 Å². The minimum absolute atomic E-state index is 0.0290. The van der Waals surface area contributed by atoms with Gasteiger partial charge in [0.2, 0.25) is 5.91 Å². The summed E-state index contributed by atoms with van der Waals surface area (Å²) in [5, 5.41) is 12.7. The lowest BCUT2D eigenvalue weighted by Crippen LogP contribution is -2.49. The van der Waals surface area contributed by atoms with E-state index in [4.69, 9.17) is 0 Å². The third-order valence-electron chi connectivity index (χ3n) is 4.95. The number of nitrogens with one attached hydrogen (secondary N) is 1. The van der Waals surface area contributed by atoms with Gasteiger partial charge in [0.05, 0.1) is 23.9 Å². The molecule has 2 N–H and O–H groups in total. The zero-order chi connectivity index (χ0) is 20.9. The molecule has 3 rings (SSSR count). The standard InChI is InChI=1S/C21H24F3N3O2/c22-21(23,24)17-8-4-5-9-18(17)25-20(29)15-27-12-10-26(11-13-27)14-19(28)16-6-2-1-3-7-16/h1-9,19,28H,10-15H2,(H,25,29)/t19-/m0/s1. The van der Waals surface area contributed by atoms with Crippen LogP contribution in [0.2, 0.25) is 0 Å². The van der Waals surface area contributed by atoms with Gasteiger partial charge in [0.1, 0.15) is 0 Å². The molecule has 1 fully saturated rings. The van der Waals surface area contributed by atoms with Crippen LogP contribution in [0.5, 0.6) is 0 Å². The number of nitrogens with zero attached hydrogens (tertiary/aromatic N) is 2. The van der Waals surface area contributed by atoms with Crippen molar-refractivity contribution in [3.05, 3.63) is 65.7 Å². The summed E-state index contributed by atoms with van der Waals surface area (Å²) in [6.45, 7) is 3.10. The highest BCUT2D eigenvalue weighted by molar-refractivity contribution is 5.93. The molecule has 1 aliphatic rings. The van der Waals surface area contributed by atoms with Gasteiger partial charge >= 0.3 is 6.18 Å². The first-order valence-electron chi connectivity index (χ1n) is 9.47. The molecule has 0 bridgehead atoms. The molecule has 0 aliphatic carbocycles. The van der Waals surface area contributed by atoms with Crippen molar-refractivity contribution >= 4 is 11.6 Å². The molecular formula is C21H24F3N3O2. The quantitative estimate of drug-likeness (QED) is 0.773. The first kappa shape index (κ1) is 21.3. The third-order valence-corrected chi connectivity index (χ3v) is 4.95. The van der Waals surface area contributed by atoms with Gasteiger partial charge in [0, 0.05) is 32.7 Å². The number of carbonyl (C=O) groups excluding carboxylic acids is 1. The summed E-state index contributed by atoms with van der Waals surface area (Å²) in [7, 11) is 0. The van der Waals surface area contributed by atoms with Crippen LogP contribution in [0, 0.1) is 0 Å². The molecule has 0 spiro atoms. The number of para-hydroxylation sites is 1. The fourth-order valence-electron chi connectivity index (χ4n) is 3.39. The number of alkyl halides is 3. The zero-order valence-corrected chi connectivity index (χ0v) is 15.9. The highest BCUT2D eigenvalue weighted by Crippen LogP contribution is 2.34. The van der Waals surface area contributed by atoms with Crippen LogP contribution in [0.1, 0.15) is 17.2 Å². The predicted molar refractivity (Wildman–Crippen MR) is 104 cm³/mol. The van der Waals surface area contributed by atoms with Crippen LogP contribution in [-0.2, 0) is 11.0 Å². The molecule has 0 radical (unpaired) electrons. The lowest BCUT2D eigenvalue weighted by Gasteiger charge is -2.35. The number of hydrogen-bond donors (Lipinski definition) is 2. The molecule has 0 saturated carbocycles. The number of piperazine rings is 1. The molecule has 1 heterocycles. The highest BCUT2D eigenvalue weighted by Gasteiger charge is 2.33. The molecule has 156 valence electrons. The van der Waals surface area contributed by atoms with Crippen molar-refractivity contribution in [3.63, 3.8) is 0 Å². The third kappa shape index (κ3) is 6.03. The van der Waals surface area contributed by atoms with Crippen LogP contribution >= 0.6 is 0 Å². The molecule has 0 unspecified atom stereocenters. The van der Waals surface area contributed by atoms with E-state index in [0.717, 1.165) is 11.6 Å². The van der Waals surface area contributed by atoms with Crippen molar-refractivity contribution in [2.45, 2.75) is 12.3 Å². The van der Waals surface area contributed by atoms with E-state index < -0.39 is 23.8 Å². The molecule has 2 aromatic carbocycles. The van der Waals surface area contributed by atoms with Crippen molar-refractivity contribution in [2.75, 3.05) is 44.6 Å². The molecule has 2 aromatic rings. The predicted octanol–water partition coefficient (Wildman–Crippen LogP) is 3.00.